The van der Waals surface area contributed by atoms with E-state index in [1.807, 2.05) is 11.8 Å². The Kier molecular flexibility index (Phi) is 5.20. The van der Waals surface area contributed by atoms with Crippen LogP contribution in [0.25, 0.3) is 0 Å². The normalized spacial score (nSPS) is 26.9. The molecule has 0 aromatic rings. The molecule has 1 aliphatic rings. The Labute approximate surface area is 96.6 Å². The maximum atomic E-state index is 5.76. The summed E-state index contributed by atoms with van der Waals surface area (Å²) >= 11 is 7.15. The highest BCUT2D eigenvalue weighted by molar-refractivity contribution is 7.99. The highest BCUT2D eigenvalue weighted by Gasteiger charge is 2.22. The predicted molar refractivity (Wildman–Crippen MR) is 68.9 cm³/mol. The highest BCUT2D eigenvalue weighted by atomic mass is 32.2. The van der Waals surface area contributed by atoms with E-state index in [4.69, 9.17) is 18.0 Å². The second-order valence-corrected chi connectivity index (χ2v) is 5.62. The number of nitrogens with two attached hydrogens (primary N) is 1. The van der Waals surface area contributed by atoms with E-state index in [0.717, 1.165) is 25.4 Å². The average molecular weight is 232 g/mol. The first-order chi connectivity index (χ1) is 6.65. The summed E-state index contributed by atoms with van der Waals surface area (Å²) in [5.41, 5.74) is 5.76. The summed E-state index contributed by atoms with van der Waals surface area (Å²) in [6, 6.07) is 0.311. The molecule has 0 amide bonds. The first kappa shape index (κ1) is 12.3. The zero-order valence-corrected chi connectivity index (χ0v) is 10.7. The van der Waals surface area contributed by atoms with E-state index in [1.165, 1.54) is 11.5 Å². The van der Waals surface area contributed by atoms with Crippen molar-refractivity contribution in [2.24, 2.45) is 11.7 Å². The van der Waals surface area contributed by atoms with Gasteiger partial charge in [0.15, 0.2) is 0 Å². The van der Waals surface area contributed by atoms with Gasteiger partial charge in [-0.05, 0) is 18.1 Å². The fourth-order valence-corrected chi connectivity index (χ4v) is 3.29. The number of thiocarbonyl (C=S) groups is 1. The first-order valence-corrected chi connectivity index (χ1v) is 6.82. The van der Waals surface area contributed by atoms with Crippen molar-refractivity contribution in [3.63, 3.8) is 0 Å². The zero-order chi connectivity index (χ0) is 10.6. The predicted octanol–water partition coefficient (Wildman–Crippen LogP) is 1.74. The van der Waals surface area contributed by atoms with E-state index < -0.39 is 0 Å². The summed E-state index contributed by atoms with van der Waals surface area (Å²) in [6.07, 6.45) is 1.03. The monoisotopic (exact) mass is 232 g/mol. The van der Waals surface area contributed by atoms with E-state index in [0.29, 0.717) is 11.0 Å². The standard InChI is InChI=1S/C10H20N2S2/c1-3-9(10(11)13)12-4-5-14-7-8(2)6-12/h8-9H,3-7H2,1-2H3,(H2,11,13). The Morgan fingerprint density at radius 3 is 3.00 bits per heavy atom. The molecular weight excluding hydrogens is 212 g/mol. The maximum Gasteiger partial charge on any atom is 0.0901 e. The van der Waals surface area contributed by atoms with E-state index in [2.05, 4.69) is 18.7 Å². The molecule has 1 heterocycles. The van der Waals surface area contributed by atoms with Crippen LogP contribution in [0, 0.1) is 5.92 Å². The van der Waals surface area contributed by atoms with Crippen molar-refractivity contribution in [1.29, 1.82) is 0 Å². The van der Waals surface area contributed by atoms with Gasteiger partial charge in [-0.3, -0.25) is 4.90 Å². The molecule has 2 N–H and O–H groups in total. The van der Waals surface area contributed by atoms with Crippen molar-refractivity contribution in [1.82, 2.24) is 4.90 Å². The Bertz CT molecular complexity index is 197. The van der Waals surface area contributed by atoms with Crippen LogP contribution in [0.5, 0.6) is 0 Å². The van der Waals surface area contributed by atoms with Gasteiger partial charge in [0.05, 0.1) is 11.0 Å². The molecule has 2 nitrogen and oxygen atoms in total. The zero-order valence-electron chi connectivity index (χ0n) is 9.03. The second-order valence-electron chi connectivity index (χ2n) is 4.00. The minimum Gasteiger partial charge on any atom is -0.392 e. The molecule has 2 atom stereocenters. The van der Waals surface area contributed by atoms with Crippen molar-refractivity contribution < 1.29 is 0 Å². The van der Waals surface area contributed by atoms with Gasteiger partial charge in [0.2, 0.25) is 0 Å². The molecule has 0 aliphatic carbocycles. The fraction of sp³-hybridized carbons (Fsp3) is 0.900. The van der Waals surface area contributed by atoms with E-state index >= 15 is 0 Å². The SMILES string of the molecule is CCC(C(N)=S)N1CCSCC(C)C1. The molecule has 0 aromatic heterocycles. The minimum absolute atomic E-state index is 0.311. The highest BCUT2D eigenvalue weighted by Crippen LogP contribution is 2.18. The van der Waals surface area contributed by atoms with Gasteiger partial charge in [-0.15, -0.1) is 0 Å². The average Bonchev–Trinajstić information content (AvgIpc) is 2.31. The first-order valence-electron chi connectivity index (χ1n) is 5.26. The van der Waals surface area contributed by atoms with Crippen LogP contribution in [0.1, 0.15) is 20.3 Å². The number of hydrogen-bond donors (Lipinski definition) is 1. The molecule has 1 aliphatic heterocycles. The molecule has 0 saturated carbocycles. The van der Waals surface area contributed by atoms with Gasteiger partial charge < -0.3 is 5.73 Å². The lowest BCUT2D eigenvalue weighted by Gasteiger charge is -2.30. The van der Waals surface area contributed by atoms with Crippen LogP contribution < -0.4 is 5.73 Å². The van der Waals surface area contributed by atoms with Crippen LogP contribution in [-0.2, 0) is 0 Å². The molecule has 1 rings (SSSR count). The smallest absolute Gasteiger partial charge is 0.0901 e. The third kappa shape index (κ3) is 3.41. The molecule has 82 valence electrons. The van der Waals surface area contributed by atoms with Crippen molar-refractivity contribution in [3.05, 3.63) is 0 Å². The minimum atomic E-state index is 0.311. The Balaban J connectivity index is 2.58. The van der Waals surface area contributed by atoms with Crippen molar-refractivity contribution in [2.75, 3.05) is 24.6 Å². The van der Waals surface area contributed by atoms with Gasteiger partial charge in [0.25, 0.3) is 0 Å². The van der Waals surface area contributed by atoms with Crippen LogP contribution >= 0.6 is 24.0 Å². The number of nitrogens with zero attached hydrogens (tertiary/aromatic N) is 1. The molecule has 0 aromatic carbocycles. The summed E-state index contributed by atoms with van der Waals surface area (Å²) in [7, 11) is 0. The van der Waals surface area contributed by atoms with E-state index in [1.54, 1.807) is 0 Å². The molecular formula is C10H20N2S2. The summed E-state index contributed by atoms with van der Waals surface area (Å²) in [5, 5.41) is 0. The lowest BCUT2D eigenvalue weighted by Crippen LogP contribution is -2.45. The third-order valence-electron chi connectivity index (χ3n) is 2.63. The van der Waals surface area contributed by atoms with Crippen LogP contribution in [0.3, 0.4) is 0 Å². The molecule has 0 radical (unpaired) electrons. The Hall–Kier alpha value is 0.200. The molecule has 0 bridgehead atoms. The van der Waals surface area contributed by atoms with Gasteiger partial charge in [-0.1, -0.05) is 26.1 Å². The van der Waals surface area contributed by atoms with E-state index in [-0.39, 0.29) is 0 Å². The van der Waals surface area contributed by atoms with Gasteiger partial charge in [0.1, 0.15) is 0 Å². The van der Waals surface area contributed by atoms with Crippen molar-refractivity contribution >= 4 is 29.0 Å². The van der Waals surface area contributed by atoms with Crippen molar-refractivity contribution in [2.45, 2.75) is 26.3 Å². The Morgan fingerprint density at radius 1 is 1.71 bits per heavy atom. The molecule has 4 heteroatoms. The molecule has 14 heavy (non-hydrogen) atoms. The topological polar surface area (TPSA) is 29.3 Å². The number of hydrogen-bond acceptors (Lipinski definition) is 3. The van der Waals surface area contributed by atoms with Gasteiger partial charge in [-0.2, -0.15) is 11.8 Å². The van der Waals surface area contributed by atoms with Crippen LogP contribution in [0.4, 0.5) is 0 Å². The maximum absolute atomic E-state index is 5.76. The lowest BCUT2D eigenvalue weighted by atomic mass is 10.1. The van der Waals surface area contributed by atoms with Gasteiger partial charge in [-0.25, -0.2) is 0 Å². The summed E-state index contributed by atoms with van der Waals surface area (Å²) in [4.78, 5) is 3.11. The summed E-state index contributed by atoms with van der Waals surface area (Å²) in [5.74, 6) is 3.24. The fourth-order valence-electron chi connectivity index (χ4n) is 1.93. The molecule has 1 saturated heterocycles. The summed E-state index contributed by atoms with van der Waals surface area (Å²) in [6.45, 7) is 6.73. The summed E-state index contributed by atoms with van der Waals surface area (Å²) < 4.78 is 0. The number of rotatable bonds is 3. The largest absolute Gasteiger partial charge is 0.392 e. The van der Waals surface area contributed by atoms with Gasteiger partial charge in [0, 0.05) is 18.8 Å². The Morgan fingerprint density at radius 2 is 2.43 bits per heavy atom. The third-order valence-corrected chi connectivity index (χ3v) is 4.18. The number of thioether (sulfide) groups is 1. The van der Waals surface area contributed by atoms with Gasteiger partial charge >= 0.3 is 0 Å². The lowest BCUT2D eigenvalue weighted by molar-refractivity contribution is 0.230. The second kappa shape index (κ2) is 5.93. The molecule has 2 unspecified atom stereocenters. The van der Waals surface area contributed by atoms with Crippen LogP contribution in [-0.4, -0.2) is 40.5 Å². The molecule has 0 spiro atoms. The quantitative estimate of drug-likeness (QED) is 0.751. The van der Waals surface area contributed by atoms with Crippen molar-refractivity contribution in [3.8, 4) is 0 Å². The molecule has 1 fully saturated rings. The van der Waals surface area contributed by atoms with Crippen LogP contribution in [0.15, 0.2) is 0 Å². The van der Waals surface area contributed by atoms with Crippen LogP contribution in [0.2, 0.25) is 0 Å². The van der Waals surface area contributed by atoms with E-state index in [9.17, 15) is 0 Å².